The molecule has 186 valence electrons. The maximum atomic E-state index is 13.8. The summed E-state index contributed by atoms with van der Waals surface area (Å²) < 4.78 is 25.0. The van der Waals surface area contributed by atoms with Crippen LogP contribution in [0.1, 0.15) is 36.2 Å². The molecular weight excluding hydrogens is 447 g/mol. The molecule has 1 atom stereocenters. The summed E-state index contributed by atoms with van der Waals surface area (Å²) in [5.74, 6) is 0.769. The van der Waals surface area contributed by atoms with Crippen molar-refractivity contribution in [2.24, 2.45) is 0 Å². The molecule has 0 unspecified atom stereocenters. The minimum atomic E-state index is -0.314. The number of hydrogen-bond acceptors (Lipinski definition) is 6. The van der Waals surface area contributed by atoms with E-state index in [9.17, 15) is 9.18 Å². The van der Waals surface area contributed by atoms with E-state index in [4.69, 9.17) is 9.26 Å². The fourth-order valence-corrected chi connectivity index (χ4v) is 4.33. The molecule has 3 aromatic rings. The molecule has 8 heteroatoms. The standard InChI is InChI=1S/C27H33FN4O3/c1-5-19(2)32(26(33)22-8-6-7-9-24(22)34-4)18-23-25(20-10-12-21(28)13-11-20)29-35-27(23)31-16-14-30(3)15-17-31/h6-13,19H,5,14-18H2,1-4H3/t19-/m1/s1. The van der Waals surface area contributed by atoms with E-state index < -0.39 is 0 Å². The molecule has 0 radical (unpaired) electrons. The number of anilines is 1. The van der Waals surface area contributed by atoms with E-state index in [0.29, 0.717) is 29.4 Å². The Labute approximate surface area is 206 Å². The van der Waals surface area contributed by atoms with Crippen molar-refractivity contribution in [2.75, 3.05) is 45.2 Å². The zero-order valence-electron chi connectivity index (χ0n) is 20.8. The summed E-state index contributed by atoms with van der Waals surface area (Å²) in [5.41, 5.74) is 2.71. The number of aromatic nitrogens is 1. The summed E-state index contributed by atoms with van der Waals surface area (Å²) in [6.45, 7) is 7.81. The fraction of sp³-hybridized carbons (Fsp3) is 0.407. The average molecular weight is 481 g/mol. The Bertz CT molecular complexity index is 1140. The van der Waals surface area contributed by atoms with Crippen LogP contribution in [0.4, 0.5) is 10.3 Å². The fourth-order valence-electron chi connectivity index (χ4n) is 4.33. The molecule has 4 rings (SSSR count). The maximum absolute atomic E-state index is 13.8. The highest BCUT2D eigenvalue weighted by Gasteiger charge is 2.30. The average Bonchev–Trinajstić information content (AvgIpc) is 3.30. The number of benzene rings is 2. The third-order valence-corrected chi connectivity index (χ3v) is 6.73. The van der Waals surface area contributed by atoms with E-state index in [2.05, 4.69) is 28.9 Å². The lowest BCUT2D eigenvalue weighted by molar-refractivity contribution is 0.0668. The van der Waals surface area contributed by atoms with Gasteiger partial charge in [-0.1, -0.05) is 24.2 Å². The maximum Gasteiger partial charge on any atom is 0.258 e. The molecule has 2 aromatic carbocycles. The van der Waals surface area contributed by atoms with Gasteiger partial charge < -0.3 is 24.0 Å². The van der Waals surface area contributed by atoms with Crippen LogP contribution in [0.25, 0.3) is 11.3 Å². The largest absolute Gasteiger partial charge is 0.496 e. The van der Waals surface area contributed by atoms with Crippen molar-refractivity contribution >= 4 is 11.8 Å². The van der Waals surface area contributed by atoms with Gasteiger partial charge in [-0.3, -0.25) is 4.79 Å². The molecule has 0 bridgehead atoms. The van der Waals surface area contributed by atoms with Crippen LogP contribution in [0, 0.1) is 5.82 Å². The van der Waals surface area contributed by atoms with E-state index in [1.807, 2.05) is 24.0 Å². The zero-order valence-corrected chi connectivity index (χ0v) is 20.8. The first kappa shape index (κ1) is 24.7. The minimum Gasteiger partial charge on any atom is -0.496 e. The Morgan fingerprint density at radius 3 is 2.49 bits per heavy atom. The first-order valence-corrected chi connectivity index (χ1v) is 12.0. The number of likely N-dealkylation sites (N-methyl/N-ethyl adjacent to an activating group) is 1. The van der Waals surface area contributed by atoms with E-state index in [1.54, 1.807) is 31.4 Å². The minimum absolute atomic E-state index is 0.0382. The highest BCUT2D eigenvalue weighted by molar-refractivity contribution is 5.97. The normalized spacial score (nSPS) is 15.2. The molecule has 1 aliphatic heterocycles. The highest BCUT2D eigenvalue weighted by Crippen LogP contribution is 2.34. The van der Waals surface area contributed by atoms with Crippen LogP contribution < -0.4 is 9.64 Å². The number of carbonyl (C=O) groups excluding carboxylic acids is 1. The third-order valence-electron chi connectivity index (χ3n) is 6.73. The first-order chi connectivity index (χ1) is 16.9. The SMILES string of the molecule is CC[C@@H](C)N(Cc1c(-c2ccc(F)cc2)noc1N1CCN(C)CC1)C(=O)c1ccccc1OC. The van der Waals surface area contributed by atoms with Crippen molar-refractivity contribution in [3.05, 3.63) is 65.5 Å². The van der Waals surface area contributed by atoms with Crippen LogP contribution in [0.2, 0.25) is 0 Å². The number of amides is 1. The topological polar surface area (TPSA) is 62.1 Å². The van der Waals surface area contributed by atoms with Crippen LogP contribution >= 0.6 is 0 Å². The lowest BCUT2D eigenvalue weighted by atomic mass is 10.0. The second-order valence-electron chi connectivity index (χ2n) is 9.00. The van der Waals surface area contributed by atoms with Gasteiger partial charge in [-0.05, 0) is 56.8 Å². The van der Waals surface area contributed by atoms with Gasteiger partial charge in [0, 0.05) is 37.8 Å². The summed E-state index contributed by atoms with van der Waals surface area (Å²) >= 11 is 0. The Hall–Kier alpha value is -3.39. The first-order valence-electron chi connectivity index (χ1n) is 12.0. The molecule has 1 aromatic heterocycles. The number of halogens is 1. The molecule has 0 spiro atoms. The lowest BCUT2D eigenvalue weighted by Gasteiger charge is -2.34. The van der Waals surface area contributed by atoms with Gasteiger partial charge in [-0.15, -0.1) is 0 Å². The van der Waals surface area contributed by atoms with Gasteiger partial charge in [0.2, 0.25) is 5.88 Å². The molecule has 1 saturated heterocycles. The van der Waals surface area contributed by atoms with Crippen LogP contribution in [0.5, 0.6) is 5.75 Å². The number of piperazine rings is 1. The van der Waals surface area contributed by atoms with Gasteiger partial charge in [-0.2, -0.15) is 0 Å². The monoisotopic (exact) mass is 480 g/mol. The second kappa shape index (κ2) is 10.9. The highest BCUT2D eigenvalue weighted by atomic mass is 19.1. The van der Waals surface area contributed by atoms with Crippen LogP contribution in [0.3, 0.4) is 0 Å². The Kier molecular flexibility index (Phi) is 7.70. The summed E-state index contributed by atoms with van der Waals surface area (Å²) in [4.78, 5) is 20.1. The summed E-state index contributed by atoms with van der Waals surface area (Å²) in [7, 11) is 3.66. The van der Waals surface area contributed by atoms with Gasteiger partial charge in [-0.25, -0.2) is 4.39 Å². The van der Waals surface area contributed by atoms with E-state index in [-0.39, 0.29) is 17.8 Å². The van der Waals surface area contributed by atoms with Crippen molar-refractivity contribution in [2.45, 2.75) is 32.9 Å². The smallest absolute Gasteiger partial charge is 0.258 e. The number of carbonyl (C=O) groups is 1. The van der Waals surface area contributed by atoms with E-state index >= 15 is 0 Å². The number of nitrogens with zero attached hydrogens (tertiary/aromatic N) is 4. The van der Waals surface area contributed by atoms with E-state index in [0.717, 1.165) is 43.7 Å². The number of rotatable bonds is 8. The molecule has 35 heavy (non-hydrogen) atoms. The van der Waals surface area contributed by atoms with Crippen molar-refractivity contribution in [3.63, 3.8) is 0 Å². The van der Waals surface area contributed by atoms with Gasteiger partial charge in [0.1, 0.15) is 17.3 Å². The second-order valence-corrected chi connectivity index (χ2v) is 9.00. The molecule has 1 amide bonds. The number of methoxy groups -OCH3 is 1. The molecule has 2 heterocycles. The van der Waals surface area contributed by atoms with E-state index in [1.165, 1.54) is 12.1 Å². The van der Waals surface area contributed by atoms with Gasteiger partial charge in [0.05, 0.1) is 24.8 Å². The molecular formula is C27H33FN4O3. The molecule has 7 nitrogen and oxygen atoms in total. The lowest BCUT2D eigenvalue weighted by Crippen LogP contribution is -2.45. The predicted octanol–water partition coefficient (Wildman–Crippen LogP) is 4.68. The zero-order chi connectivity index (χ0) is 24.9. The quantitative estimate of drug-likeness (QED) is 0.467. The number of para-hydroxylation sites is 1. The third kappa shape index (κ3) is 5.32. The van der Waals surface area contributed by atoms with Crippen LogP contribution in [-0.4, -0.2) is 67.2 Å². The van der Waals surface area contributed by atoms with Crippen molar-refractivity contribution in [1.29, 1.82) is 0 Å². The van der Waals surface area contributed by atoms with Crippen LogP contribution in [0.15, 0.2) is 53.1 Å². The van der Waals surface area contributed by atoms with Gasteiger partial charge in [0.15, 0.2) is 0 Å². The Morgan fingerprint density at radius 1 is 1.14 bits per heavy atom. The van der Waals surface area contributed by atoms with Gasteiger partial charge in [0.25, 0.3) is 5.91 Å². The number of hydrogen-bond donors (Lipinski definition) is 0. The molecule has 0 aliphatic carbocycles. The summed E-state index contributed by atoms with van der Waals surface area (Å²) in [6, 6.07) is 13.4. The molecule has 0 saturated carbocycles. The predicted molar refractivity (Wildman–Crippen MR) is 134 cm³/mol. The summed E-state index contributed by atoms with van der Waals surface area (Å²) in [6.07, 6.45) is 0.780. The van der Waals surface area contributed by atoms with Crippen molar-refractivity contribution in [1.82, 2.24) is 15.0 Å². The van der Waals surface area contributed by atoms with Crippen molar-refractivity contribution < 1.29 is 18.4 Å². The number of ether oxygens (including phenoxy) is 1. The molecule has 1 fully saturated rings. The molecule has 1 aliphatic rings. The van der Waals surface area contributed by atoms with Crippen LogP contribution in [-0.2, 0) is 6.54 Å². The summed E-state index contributed by atoms with van der Waals surface area (Å²) in [5, 5.41) is 4.40. The molecule has 0 N–H and O–H groups in total. The van der Waals surface area contributed by atoms with Gasteiger partial charge >= 0.3 is 0 Å². The Balaban J connectivity index is 1.76. The van der Waals surface area contributed by atoms with Crippen molar-refractivity contribution in [3.8, 4) is 17.0 Å². The Morgan fingerprint density at radius 2 is 1.83 bits per heavy atom.